The fourth-order valence-corrected chi connectivity index (χ4v) is 4.75. The molecule has 2 saturated heterocycles. The number of alkyl carbamates (subject to hydrolysis) is 1. The van der Waals surface area contributed by atoms with Crippen LogP contribution in [-0.2, 0) is 20.8 Å². The van der Waals surface area contributed by atoms with Crippen molar-refractivity contribution >= 4 is 23.5 Å². The summed E-state index contributed by atoms with van der Waals surface area (Å²) in [6.07, 6.45) is 2.49. The van der Waals surface area contributed by atoms with Crippen LogP contribution in [0.25, 0.3) is 5.65 Å². The summed E-state index contributed by atoms with van der Waals surface area (Å²) >= 11 is 0. The van der Waals surface area contributed by atoms with Crippen molar-refractivity contribution in [2.24, 2.45) is 0 Å². The monoisotopic (exact) mass is 514 g/mol. The van der Waals surface area contributed by atoms with E-state index in [9.17, 15) is 4.79 Å². The second-order valence-electron chi connectivity index (χ2n) is 10.3. The van der Waals surface area contributed by atoms with E-state index in [0.29, 0.717) is 30.1 Å². The highest BCUT2D eigenvalue weighted by atomic mass is 19.1. The molecule has 1 saturated carbocycles. The number of carbonyl (C=O) groups excluding carboxylic acids is 1. The summed E-state index contributed by atoms with van der Waals surface area (Å²) in [5.41, 5.74) is 1.90. The van der Waals surface area contributed by atoms with E-state index in [2.05, 4.69) is 30.7 Å². The van der Waals surface area contributed by atoms with Crippen LogP contribution in [0.2, 0.25) is 0 Å². The number of alkyl halides is 1. The molecule has 4 atom stereocenters. The highest BCUT2D eigenvalue weighted by Gasteiger charge is 2.44. The van der Waals surface area contributed by atoms with Crippen molar-refractivity contribution in [3.8, 4) is 0 Å². The van der Waals surface area contributed by atoms with Gasteiger partial charge in [-0.15, -0.1) is 0 Å². The van der Waals surface area contributed by atoms with Gasteiger partial charge in [-0.3, -0.25) is 14.4 Å². The molecule has 1 amide bonds. The number of imidazole rings is 1. The van der Waals surface area contributed by atoms with Gasteiger partial charge in [-0.25, -0.2) is 19.2 Å². The lowest BCUT2D eigenvalue weighted by Crippen LogP contribution is -2.49. The first-order valence-corrected chi connectivity index (χ1v) is 12.5. The molecule has 198 valence electrons. The number of methoxy groups -OCH3 is 1. The topological polar surface area (TPSA) is 131 Å². The van der Waals surface area contributed by atoms with Crippen LogP contribution in [-0.4, -0.2) is 86.3 Å². The molecule has 13 heteroatoms. The Hall–Kier alpha value is -3.29. The van der Waals surface area contributed by atoms with E-state index in [1.807, 2.05) is 23.6 Å². The van der Waals surface area contributed by atoms with Crippen molar-refractivity contribution < 1.29 is 23.4 Å². The summed E-state index contributed by atoms with van der Waals surface area (Å²) in [5, 5.41) is 13.0. The predicted octanol–water partition coefficient (Wildman–Crippen LogP) is 2.47. The van der Waals surface area contributed by atoms with Gasteiger partial charge in [-0.2, -0.15) is 5.10 Å². The highest BCUT2D eigenvalue weighted by molar-refractivity contribution is 5.69. The van der Waals surface area contributed by atoms with Crippen molar-refractivity contribution in [2.45, 2.75) is 62.7 Å². The van der Waals surface area contributed by atoms with E-state index in [1.54, 1.807) is 19.4 Å². The molecule has 37 heavy (non-hydrogen) atoms. The number of nitrogens with zero attached hydrogens (tertiary/aromatic N) is 5. The highest BCUT2D eigenvalue weighted by Crippen LogP contribution is 2.36. The number of ether oxygens (including phenoxy) is 3. The third-order valence-corrected chi connectivity index (χ3v) is 7.31. The minimum Gasteiger partial charge on any atom is -0.441 e. The van der Waals surface area contributed by atoms with Gasteiger partial charge in [-0.05, 0) is 32.3 Å². The zero-order valence-corrected chi connectivity index (χ0v) is 20.8. The van der Waals surface area contributed by atoms with Crippen LogP contribution in [0.1, 0.15) is 43.7 Å². The minimum absolute atomic E-state index is 0.0291. The lowest BCUT2D eigenvalue weighted by molar-refractivity contribution is 0.0171. The quantitative estimate of drug-likeness (QED) is 0.394. The minimum atomic E-state index is -1.52. The Morgan fingerprint density at radius 3 is 3.03 bits per heavy atom. The largest absolute Gasteiger partial charge is 0.441 e. The third-order valence-electron chi connectivity index (χ3n) is 7.31. The first-order valence-electron chi connectivity index (χ1n) is 12.5. The van der Waals surface area contributed by atoms with Gasteiger partial charge in [0.1, 0.15) is 11.8 Å². The van der Waals surface area contributed by atoms with Gasteiger partial charge >= 0.3 is 6.09 Å². The van der Waals surface area contributed by atoms with Gasteiger partial charge in [-0.1, -0.05) is 0 Å². The van der Waals surface area contributed by atoms with Crippen LogP contribution >= 0.6 is 0 Å². The Bertz CT molecular complexity index is 1280. The number of aromatic amines is 1. The molecule has 3 aromatic heterocycles. The third kappa shape index (κ3) is 4.98. The van der Waals surface area contributed by atoms with E-state index >= 15 is 4.39 Å². The summed E-state index contributed by atoms with van der Waals surface area (Å²) in [6.45, 7) is 4.37. The van der Waals surface area contributed by atoms with Crippen LogP contribution in [0.15, 0.2) is 24.5 Å². The van der Waals surface area contributed by atoms with Crippen LogP contribution in [0.5, 0.6) is 0 Å². The Morgan fingerprint density at radius 2 is 2.27 bits per heavy atom. The molecule has 3 aliphatic rings. The second-order valence-corrected chi connectivity index (χ2v) is 10.3. The molecule has 0 bridgehead atoms. The number of halogens is 1. The van der Waals surface area contributed by atoms with E-state index in [-0.39, 0.29) is 12.1 Å². The number of nitrogens with one attached hydrogen (secondary N) is 3. The van der Waals surface area contributed by atoms with Gasteiger partial charge in [0, 0.05) is 50.2 Å². The number of hydrogen-bond acceptors (Lipinski definition) is 9. The van der Waals surface area contributed by atoms with Crippen molar-refractivity contribution in [1.82, 2.24) is 34.8 Å². The molecular weight excluding hydrogens is 483 g/mol. The smallest absolute Gasteiger partial charge is 0.408 e. The average molecular weight is 515 g/mol. The SMILES string of the molecule is COCC1CCN1Cc1cn2c(Nc3cc([C@H]4OC[C@@H](OC(=O)NC5(C)CC5)[C@H]4F)[nH]n3)nccc2n1. The van der Waals surface area contributed by atoms with Crippen LogP contribution in [0, 0.1) is 0 Å². The van der Waals surface area contributed by atoms with Crippen LogP contribution in [0.4, 0.5) is 21.0 Å². The Kier molecular flexibility index (Phi) is 6.21. The van der Waals surface area contributed by atoms with Gasteiger partial charge < -0.3 is 24.8 Å². The van der Waals surface area contributed by atoms with E-state index in [1.165, 1.54) is 0 Å². The number of aromatic nitrogens is 5. The van der Waals surface area contributed by atoms with Gasteiger partial charge in [0.2, 0.25) is 5.95 Å². The summed E-state index contributed by atoms with van der Waals surface area (Å²) in [6, 6.07) is 3.93. The van der Waals surface area contributed by atoms with Gasteiger partial charge in [0.15, 0.2) is 18.1 Å². The molecule has 5 heterocycles. The molecule has 12 nitrogen and oxygen atoms in total. The molecule has 3 aromatic rings. The van der Waals surface area contributed by atoms with E-state index < -0.39 is 24.5 Å². The second kappa shape index (κ2) is 9.54. The van der Waals surface area contributed by atoms with Gasteiger partial charge in [0.25, 0.3) is 0 Å². The average Bonchev–Trinajstić information content (AvgIpc) is 3.22. The molecule has 2 aliphatic heterocycles. The summed E-state index contributed by atoms with van der Waals surface area (Å²) in [5.74, 6) is 0.981. The Labute approximate surface area is 212 Å². The number of amides is 1. The maximum Gasteiger partial charge on any atom is 0.408 e. The Balaban J connectivity index is 1.10. The predicted molar refractivity (Wildman–Crippen MR) is 130 cm³/mol. The molecular formula is C24H31FN8O4. The number of carbonyl (C=O) groups is 1. The van der Waals surface area contributed by atoms with Crippen molar-refractivity contribution in [1.29, 1.82) is 0 Å². The van der Waals surface area contributed by atoms with Crippen LogP contribution in [0.3, 0.4) is 0 Å². The standard InChI is InChI=1S/C24H31FN8O4/c1-24(5-6-24)29-23(34)37-17-13-36-21(20(17)25)16-9-18(31-30-16)28-22-26-7-3-19-27-14(11-33(19)22)10-32-8-4-15(32)12-35-2/h3,7,9,11,15,17,20-21H,4-6,8,10,12-13H2,1-2H3,(H,29,34)(H2,26,28,30,31)/t15?,17-,20-,21-/m1/s1. The number of rotatable bonds is 9. The normalized spacial score (nSPS) is 26.7. The maximum atomic E-state index is 15.1. The zero-order chi connectivity index (χ0) is 25.6. The molecule has 3 N–H and O–H groups in total. The molecule has 3 fully saturated rings. The van der Waals surface area contributed by atoms with Crippen molar-refractivity contribution in [3.63, 3.8) is 0 Å². The fourth-order valence-electron chi connectivity index (χ4n) is 4.75. The number of anilines is 2. The molecule has 6 rings (SSSR count). The number of hydrogen-bond donors (Lipinski definition) is 3. The number of fused-ring (bicyclic) bond motifs is 1. The molecule has 0 aromatic carbocycles. The summed E-state index contributed by atoms with van der Waals surface area (Å²) < 4.78 is 33.1. The van der Waals surface area contributed by atoms with E-state index in [0.717, 1.165) is 43.7 Å². The lowest BCUT2D eigenvalue weighted by atomic mass is 10.0. The fraction of sp³-hybridized carbons (Fsp3) is 0.583. The summed E-state index contributed by atoms with van der Waals surface area (Å²) in [7, 11) is 1.72. The molecule has 1 unspecified atom stereocenters. The first kappa shape index (κ1) is 24.1. The summed E-state index contributed by atoms with van der Waals surface area (Å²) in [4.78, 5) is 23.6. The van der Waals surface area contributed by atoms with Gasteiger partial charge in [0.05, 0.1) is 24.6 Å². The first-order chi connectivity index (χ1) is 17.9. The molecule has 0 radical (unpaired) electrons. The number of H-pyrrole nitrogens is 1. The Morgan fingerprint density at radius 1 is 1.41 bits per heavy atom. The van der Waals surface area contributed by atoms with E-state index in [4.69, 9.17) is 19.2 Å². The maximum absolute atomic E-state index is 15.1. The number of likely N-dealkylation sites (tertiary alicyclic amines) is 1. The lowest BCUT2D eigenvalue weighted by Gasteiger charge is -2.40. The van der Waals surface area contributed by atoms with Crippen LogP contribution < -0.4 is 10.6 Å². The molecule has 1 aliphatic carbocycles. The zero-order valence-electron chi connectivity index (χ0n) is 20.8. The molecule has 0 spiro atoms. The van der Waals surface area contributed by atoms with Crippen molar-refractivity contribution in [2.75, 3.05) is 32.2 Å². The van der Waals surface area contributed by atoms with Crippen molar-refractivity contribution in [3.05, 3.63) is 35.9 Å².